The number of hydrogen-bond acceptors (Lipinski definition) is 5. The van der Waals surface area contributed by atoms with Crippen LogP contribution in [0.25, 0.3) is 0 Å². The van der Waals surface area contributed by atoms with Crippen LogP contribution in [-0.4, -0.2) is 41.2 Å². The van der Waals surface area contributed by atoms with Gasteiger partial charge in [0.05, 0.1) is 11.1 Å². The molecule has 1 heterocycles. The lowest BCUT2D eigenvalue weighted by Crippen LogP contribution is -2.47. The molecule has 3 aromatic carbocycles. The third-order valence-electron chi connectivity index (χ3n) is 5.68. The Bertz CT molecular complexity index is 1230. The molecule has 1 atom stereocenters. The molecule has 1 N–H and O–H groups in total. The van der Waals surface area contributed by atoms with Gasteiger partial charge in [-0.25, -0.2) is 4.79 Å². The third-order valence-corrected chi connectivity index (χ3v) is 5.68. The van der Waals surface area contributed by atoms with Crippen molar-refractivity contribution in [2.75, 3.05) is 11.9 Å². The summed E-state index contributed by atoms with van der Waals surface area (Å²) in [6.45, 7) is 3.28. The number of nitrogens with one attached hydrogen (secondary N) is 1. The average Bonchev–Trinajstić information content (AvgIpc) is 3.08. The monoisotopic (exact) mass is 456 g/mol. The van der Waals surface area contributed by atoms with Crippen molar-refractivity contribution in [3.8, 4) is 0 Å². The van der Waals surface area contributed by atoms with Gasteiger partial charge >= 0.3 is 5.97 Å². The molecule has 0 aliphatic carbocycles. The molecule has 1 aliphatic heterocycles. The first-order valence-corrected chi connectivity index (χ1v) is 10.9. The lowest BCUT2D eigenvalue weighted by atomic mass is 10.0. The van der Waals surface area contributed by atoms with E-state index in [0.717, 1.165) is 21.6 Å². The largest absolute Gasteiger partial charge is 0.454 e. The molecule has 4 rings (SSSR count). The summed E-state index contributed by atoms with van der Waals surface area (Å²) >= 11 is 0. The molecule has 0 radical (unpaired) electrons. The van der Waals surface area contributed by atoms with E-state index in [0.29, 0.717) is 5.69 Å². The van der Waals surface area contributed by atoms with Crippen molar-refractivity contribution in [1.82, 2.24) is 4.90 Å². The number of nitrogens with zero attached hydrogens (tertiary/aromatic N) is 1. The molecule has 3 amide bonds. The van der Waals surface area contributed by atoms with Crippen molar-refractivity contribution in [3.63, 3.8) is 0 Å². The highest BCUT2D eigenvalue weighted by Crippen LogP contribution is 2.26. The fourth-order valence-corrected chi connectivity index (χ4v) is 3.98. The Kier molecular flexibility index (Phi) is 6.54. The second-order valence-electron chi connectivity index (χ2n) is 8.21. The number of amides is 3. The van der Waals surface area contributed by atoms with Crippen molar-refractivity contribution in [3.05, 3.63) is 101 Å². The van der Waals surface area contributed by atoms with E-state index in [1.165, 1.54) is 0 Å². The zero-order chi connectivity index (χ0) is 24.2. The fraction of sp³-hybridized carbons (Fsp3) is 0.185. The molecule has 1 aliphatic rings. The van der Waals surface area contributed by atoms with E-state index in [4.69, 9.17) is 4.74 Å². The highest BCUT2D eigenvalue weighted by atomic mass is 16.5. The Balaban J connectivity index is 1.51. The molecule has 0 fully saturated rings. The molecule has 0 bridgehead atoms. The number of carbonyl (C=O) groups excluding carboxylic acids is 4. The van der Waals surface area contributed by atoms with Crippen LogP contribution in [0.15, 0.2) is 72.8 Å². The van der Waals surface area contributed by atoms with Gasteiger partial charge in [0.1, 0.15) is 6.04 Å². The number of carbonyl (C=O) groups is 4. The van der Waals surface area contributed by atoms with Crippen LogP contribution in [0.4, 0.5) is 5.69 Å². The summed E-state index contributed by atoms with van der Waals surface area (Å²) in [5, 5.41) is 2.72. The lowest BCUT2D eigenvalue weighted by molar-refractivity contribution is -0.151. The number of imide groups is 1. The maximum absolute atomic E-state index is 13.1. The van der Waals surface area contributed by atoms with Crippen molar-refractivity contribution in [1.29, 1.82) is 0 Å². The minimum atomic E-state index is -1.20. The Labute approximate surface area is 197 Å². The zero-order valence-electron chi connectivity index (χ0n) is 18.9. The maximum atomic E-state index is 13.1. The van der Waals surface area contributed by atoms with E-state index in [1.54, 1.807) is 54.6 Å². The van der Waals surface area contributed by atoms with Crippen molar-refractivity contribution in [2.24, 2.45) is 0 Å². The van der Waals surface area contributed by atoms with Crippen LogP contribution in [0.2, 0.25) is 0 Å². The van der Waals surface area contributed by atoms with E-state index < -0.39 is 36.3 Å². The van der Waals surface area contributed by atoms with Crippen molar-refractivity contribution in [2.45, 2.75) is 26.3 Å². The minimum Gasteiger partial charge on any atom is -0.454 e. The van der Waals surface area contributed by atoms with Gasteiger partial charge in [-0.05, 0) is 43.2 Å². The van der Waals surface area contributed by atoms with Crippen molar-refractivity contribution < 1.29 is 23.9 Å². The molecule has 0 saturated heterocycles. The summed E-state index contributed by atoms with van der Waals surface area (Å²) in [6, 6.07) is 19.8. The number of rotatable bonds is 7. The highest BCUT2D eigenvalue weighted by molar-refractivity contribution is 6.22. The van der Waals surface area contributed by atoms with E-state index in [2.05, 4.69) is 5.32 Å². The van der Waals surface area contributed by atoms with Gasteiger partial charge in [0.15, 0.2) is 6.61 Å². The summed E-state index contributed by atoms with van der Waals surface area (Å²) in [4.78, 5) is 52.5. The van der Waals surface area contributed by atoms with E-state index in [-0.39, 0.29) is 17.5 Å². The predicted molar refractivity (Wildman–Crippen MR) is 126 cm³/mol. The van der Waals surface area contributed by atoms with Gasteiger partial charge in [-0.3, -0.25) is 19.3 Å². The Morgan fingerprint density at radius 3 is 2.12 bits per heavy atom. The predicted octanol–water partition coefficient (Wildman–Crippen LogP) is 3.69. The molecule has 0 aromatic heterocycles. The summed E-state index contributed by atoms with van der Waals surface area (Å²) in [5.41, 5.74) is 3.80. The standard InChI is InChI=1S/C27H24N2O5/c1-17-12-13-22(18(2)14-17)28-24(30)16-34-27(33)23(15-19-8-4-3-5-9-19)29-25(31)20-10-6-7-11-21(20)26(29)32/h3-14,23H,15-16H2,1-2H3,(H,28,30). The number of aryl methyl sites for hydroxylation is 2. The number of ether oxygens (including phenoxy) is 1. The highest BCUT2D eigenvalue weighted by Gasteiger charge is 2.43. The number of benzene rings is 3. The molecular formula is C27H24N2O5. The number of esters is 1. The molecule has 34 heavy (non-hydrogen) atoms. The van der Waals surface area contributed by atoms with E-state index >= 15 is 0 Å². The van der Waals surface area contributed by atoms with Gasteiger partial charge in [-0.2, -0.15) is 0 Å². The van der Waals surface area contributed by atoms with E-state index in [1.807, 2.05) is 32.0 Å². The van der Waals surface area contributed by atoms with Crippen LogP contribution >= 0.6 is 0 Å². The molecular weight excluding hydrogens is 432 g/mol. The second-order valence-corrected chi connectivity index (χ2v) is 8.21. The Morgan fingerprint density at radius 2 is 1.50 bits per heavy atom. The molecule has 0 saturated carbocycles. The number of anilines is 1. The van der Waals surface area contributed by atoms with Gasteiger partial charge in [0.25, 0.3) is 17.7 Å². The SMILES string of the molecule is Cc1ccc(NC(=O)COC(=O)C(Cc2ccccc2)N2C(=O)c3ccccc3C2=O)c(C)c1. The van der Waals surface area contributed by atoms with Crippen LogP contribution in [0, 0.1) is 13.8 Å². The van der Waals surface area contributed by atoms with Gasteiger partial charge in [0, 0.05) is 12.1 Å². The van der Waals surface area contributed by atoms with Gasteiger partial charge in [-0.1, -0.05) is 60.2 Å². The Morgan fingerprint density at radius 1 is 0.882 bits per heavy atom. The summed E-state index contributed by atoms with van der Waals surface area (Å²) < 4.78 is 5.28. The molecule has 172 valence electrons. The third kappa shape index (κ3) is 4.73. The van der Waals surface area contributed by atoms with Crippen molar-refractivity contribution >= 4 is 29.4 Å². The number of hydrogen-bond donors (Lipinski definition) is 1. The van der Waals surface area contributed by atoms with Crippen LogP contribution in [0.1, 0.15) is 37.4 Å². The first-order valence-electron chi connectivity index (χ1n) is 10.9. The normalized spacial score (nSPS) is 13.4. The summed E-state index contributed by atoms with van der Waals surface area (Å²) in [7, 11) is 0. The second kappa shape index (κ2) is 9.70. The average molecular weight is 456 g/mol. The first-order chi connectivity index (χ1) is 16.3. The maximum Gasteiger partial charge on any atom is 0.330 e. The zero-order valence-corrected chi connectivity index (χ0v) is 18.9. The lowest BCUT2D eigenvalue weighted by Gasteiger charge is -2.24. The quantitative estimate of drug-likeness (QED) is 0.432. The molecule has 7 heteroatoms. The van der Waals surface area contributed by atoms with Gasteiger partial charge in [-0.15, -0.1) is 0 Å². The van der Waals surface area contributed by atoms with Crippen LogP contribution < -0.4 is 5.32 Å². The summed E-state index contributed by atoms with van der Waals surface area (Å²) in [6.07, 6.45) is 0.0732. The molecule has 1 unspecified atom stereocenters. The summed E-state index contributed by atoms with van der Waals surface area (Å²) in [5.74, 6) is -2.45. The molecule has 0 spiro atoms. The van der Waals surface area contributed by atoms with Gasteiger partial charge in [0.2, 0.25) is 0 Å². The Hall–Kier alpha value is -4.26. The first kappa shape index (κ1) is 22.9. The van der Waals surface area contributed by atoms with Crippen LogP contribution in [-0.2, 0) is 20.7 Å². The van der Waals surface area contributed by atoms with E-state index in [9.17, 15) is 19.2 Å². The smallest absolute Gasteiger partial charge is 0.330 e. The number of fused-ring (bicyclic) bond motifs is 1. The fourth-order valence-electron chi connectivity index (χ4n) is 3.98. The minimum absolute atomic E-state index is 0.0732. The van der Waals surface area contributed by atoms with Gasteiger partial charge < -0.3 is 10.1 Å². The molecule has 7 nitrogen and oxygen atoms in total. The van der Waals surface area contributed by atoms with Crippen LogP contribution in [0.5, 0.6) is 0 Å². The van der Waals surface area contributed by atoms with Crippen LogP contribution in [0.3, 0.4) is 0 Å². The topological polar surface area (TPSA) is 92.8 Å². The molecule has 3 aromatic rings.